The highest BCUT2D eigenvalue weighted by Gasteiger charge is 2.19. The molecule has 2 N–H and O–H groups in total. The van der Waals surface area contributed by atoms with Gasteiger partial charge >= 0.3 is 16.6 Å². The maximum atomic E-state index is 8.48. The number of rotatable bonds is 1. The summed E-state index contributed by atoms with van der Waals surface area (Å²) >= 11 is -1.80. The average Bonchev–Trinajstić information content (AvgIpc) is 1.90. The lowest BCUT2D eigenvalue weighted by Gasteiger charge is -1.83. The average molecular weight is 145 g/mol. The number of hydrogen-bond donors (Lipinski definition) is 2. The van der Waals surface area contributed by atoms with Gasteiger partial charge in [0.05, 0.1) is 0 Å². The molecule has 0 unspecified atom stereocenters. The van der Waals surface area contributed by atoms with Crippen molar-refractivity contribution < 1.29 is 9.11 Å². The van der Waals surface area contributed by atoms with E-state index in [4.69, 9.17) is 9.11 Å². The molecule has 0 amide bonds. The van der Waals surface area contributed by atoms with Gasteiger partial charge in [0.25, 0.3) is 0 Å². The molecule has 0 atom stereocenters. The summed E-state index contributed by atoms with van der Waals surface area (Å²) in [6.45, 7) is 0. The van der Waals surface area contributed by atoms with E-state index in [1.807, 2.05) is 0 Å². The van der Waals surface area contributed by atoms with Crippen LogP contribution in [0.3, 0.4) is 0 Å². The van der Waals surface area contributed by atoms with Crippen LogP contribution in [0.4, 0.5) is 0 Å². The van der Waals surface area contributed by atoms with E-state index in [1.165, 1.54) is 12.4 Å². The zero-order chi connectivity index (χ0) is 6.69. The van der Waals surface area contributed by atoms with Crippen molar-refractivity contribution >= 4 is 11.5 Å². The maximum Gasteiger partial charge on any atom is 0.418 e. The Morgan fingerprint density at radius 1 is 1.22 bits per heavy atom. The third-order valence-electron chi connectivity index (χ3n) is 0.705. The Morgan fingerprint density at radius 2 is 1.78 bits per heavy atom. The first kappa shape index (κ1) is 6.47. The maximum absolute atomic E-state index is 8.48. The van der Waals surface area contributed by atoms with Gasteiger partial charge in [-0.1, -0.05) is 0 Å². The van der Waals surface area contributed by atoms with E-state index in [0.29, 0.717) is 0 Å². The molecule has 0 radical (unpaired) electrons. The van der Waals surface area contributed by atoms with Crippen LogP contribution in [-0.4, -0.2) is 19.1 Å². The Morgan fingerprint density at radius 3 is 2.11 bits per heavy atom. The highest BCUT2D eigenvalue weighted by Crippen LogP contribution is 1.95. The van der Waals surface area contributed by atoms with Gasteiger partial charge in [0.2, 0.25) is 0 Å². The van der Waals surface area contributed by atoms with Gasteiger partial charge in [-0.15, -0.1) is 9.11 Å². The summed E-state index contributed by atoms with van der Waals surface area (Å²) < 4.78 is 17.0. The fraction of sp³-hybridized carbons (Fsp3) is 0. The molecular formula is C4H5N2O2S+. The van der Waals surface area contributed by atoms with Gasteiger partial charge < -0.3 is 0 Å². The molecule has 1 aromatic rings. The smallest absolute Gasteiger partial charge is 0.186 e. The third-order valence-corrected chi connectivity index (χ3v) is 1.24. The lowest BCUT2D eigenvalue weighted by Crippen LogP contribution is -2.02. The number of nitrogens with zero attached hydrogens (tertiary/aromatic N) is 2. The molecule has 1 aromatic heterocycles. The third kappa shape index (κ3) is 1.63. The standard InChI is InChI=1S/C4H5N2O2S/c7-9(8)4-5-2-1-3-6-4/h1-3,7-8H/q+1. The quantitative estimate of drug-likeness (QED) is 0.443. The molecule has 5 heteroatoms. The second-order valence-corrected chi connectivity index (χ2v) is 2.19. The monoisotopic (exact) mass is 145 g/mol. The highest BCUT2D eigenvalue weighted by molar-refractivity contribution is 7.85. The first-order chi connectivity index (χ1) is 4.30. The summed E-state index contributed by atoms with van der Waals surface area (Å²) in [6.07, 6.45) is 2.91. The fourth-order valence-electron chi connectivity index (χ4n) is 0.380. The van der Waals surface area contributed by atoms with Crippen LogP contribution in [0.2, 0.25) is 0 Å². The van der Waals surface area contributed by atoms with Gasteiger partial charge in [0.15, 0.2) is 0 Å². The number of hydrogen-bond acceptors (Lipinski definition) is 4. The second kappa shape index (κ2) is 2.77. The SMILES string of the molecule is O[S+](O)c1ncccn1. The Hall–Kier alpha value is -0.650. The Kier molecular flexibility index (Phi) is 1.99. The lowest BCUT2D eigenvalue weighted by atomic mass is 10.7. The number of aromatic nitrogens is 2. The van der Waals surface area contributed by atoms with E-state index in [2.05, 4.69) is 9.97 Å². The normalized spacial score (nSPS) is 10.1. The molecule has 0 aliphatic heterocycles. The Bertz CT molecular complexity index is 179. The Labute approximate surface area is 55.0 Å². The van der Waals surface area contributed by atoms with Crippen LogP contribution in [-0.2, 0) is 11.5 Å². The zero-order valence-electron chi connectivity index (χ0n) is 4.43. The van der Waals surface area contributed by atoms with E-state index in [9.17, 15) is 0 Å². The van der Waals surface area contributed by atoms with Crippen LogP contribution in [0.15, 0.2) is 23.6 Å². The predicted octanol–water partition coefficient (Wildman–Crippen LogP) is 0.400. The summed E-state index contributed by atoms with van der Waals surface area (Å²) in [5.74, 6) is 0. The summed E-state index contributed by atoms with van der Waals surface area (Å²) in [4.78, 5) is 7.16. The fourth-order valence-corrected chi connectivity index (χ4v) is 0.690. The van der Waals surface area contributed by atoms with Gasteiger partial charge in [-0.25, -0.2) is 0 Å². The van der Waals surface area contributed by atoms with Crippen molar-refractivity contribution in [3.63, 3.8) is 0 Å². The van der Waals surface area contributed by atoms with Gasteiger partial charge in [-0.05, 0) is 6.07 Å². The zero-order valence-corrected chi connectivity index (χ0v) is 5.25. The molecule has 0 aromatic carbocycles. The molecule has 4 nitrogen and oxygen atoms in total. The molecule has 0 bridgehead atoms. The van der Waals surface area contributed by atoms with Crippen LogP contribution in [0.1, 0.15) is 0 Å². The van der Waals surface area contributed by atoms with E-state index < -0.39 is 11.5 Å². The van der Waals surface area contributed by atoms with Gasteiger partial charge in [-0.3, -0.25) is 0 Å². The van der Waals surface area contributed by atoms with Crippen molar-refractivity contribution in [3.8, 4) is 0 Å². The molecule has 1 heterocycles. The van der Waals surface area contributed by atoms with Crippen LogP contribution in [0.5, 0.6) is 0 Å². The minimum absolute atomic E-state index is 0.0532. The molecule has 0 saturated heterocycles. The van der Waals surface area contributed by atoms with Crippen molar-refractivity contribution in [2.45, 2.75) is 5.16 Å². The largest absolute Gasteiger partial charge is 0.418 e. The topological polar surface area (TPSA) is 66.2 Å². The molecule has 0 aliphatic rings. The molecule has 0 aliphatic carbocycles. The molecular weight excluding hydrogens is 140 g/mol. The van der Waals surface area contributed by atoms with Crippen molar-refractivity contribution in [3.05, 3.63) is 18.5 Å². The van der Waals surface area contributed by atoms with Crippen molar-refractivity contribution in [2.75, 3.05) is 0 Å². The summed E-state index contributed by atoms with van der Waals surface area (Å²) in [5.41, 5.74) is 0. The highest BCUT2D eigenvalue weighted by atomic mass is 32.2. The van der Waals surface area contributed by atoms with Crippen LogP contribution in [0.25, 0.3) is 0 Å². The Balaban J connectivity index is 2.85. The summed E-state index contributed by atoms with van der Waals surface area (Å²) in [5, 5.41) is 0.0532. The van der Waals surface area contributed by atoms with Gasteiger partial charge in [0.1, 0.15) is 0 Å². The van der Waals surface area contributed by atoms with Gasteiger partial charge in [0, 0.05) is 12.4 Å². The van der Waals surface area contributed by atoms with E-state index >= 15 is 0 Å². The van der Waals surface area contributed by atoms with Crippen molar-refractivity contribution in [1.29, 1.82) is 0 Å². The molecule has 48 valence electrons. The second-order valence-electron chi connectivity index (χ2n) is 1.30. The first-order valence-corrected chi connectivity index (χ1v) is 3.34. The molecule has 0 spiro atoms. The van der Waals surface area contributed by atoms with Crippen LogP contribution in [0, 0.1) is 0 Å². The van der Waals surface area contributed by atoms with Crippen molar-refractivity contribution in [2.24, 2.45) is 0 Å². The van der Waals surface area contributed by atoms with Crippen LogP contribution < -0.4 is 0 Å². The predicted molar refractivity (Wildman–Crippen MR) is 32.9 cm³/mol. The summed E-state index contributed by atoms with van der Waals surface area (Å²) in [6, 6.07) is 1.61. The van der Waals surface area contributed by atoms with Crippen LogP contribution >= 0.6 is 0 Å². The lowest BCUT2D eigenvalue weighted by molar-refractivity contribution is 0.495. The minimum atomic E-state index is -1.80. The minimum Gasteiger partial charge on any atom is -0.186 e. The van der Waals surface area contributed by atoms with Crippen molar-refractivity contribution in [1.82, 2.24) is 9.97 Å². The van der Waals surface area contributed by atoms with E-state index in [0.717, 1.165) is 0 Å². The van der Waals surface area contributed by atoms with E-state index in [-0.39, 0.29) is 5.16 Å². The van der Waals surface area contributed by atoms with E-state index in [1.54, 1.807) is 6.07 Å². The summed E-state index contributed by atoms with van der Waals surface area (Å²) in [7, 11) is 0. The molecule has 9 heavy (non-hydrogen) atoms. The molecule has 1 rings (SSSR count). The van der Waals surface area contributed by atoms with Gasteiger partial charge in [-0.2, -0.15) is 9.97 Å². The molecule has 0 fully saturated rings. The molecule has 0 saturated carbocycles. The first-order valence-electron chi connectivity index (χ1n) is 2.20.